The molecule has 0 bridgehead atoms. The van der Waals surface area contributed by atoms with Crippen LogP contribution in [0.3, 0.4) is 0 Å². The van der Waals surface area contributed by atoms with E-state index in [4.69, 9.17) is 27.9 Å². The molecular formula is C13H16Cl2O2. The van der Waals surface area contributed by atoms with Crippen molar-refractivity contribution in [3.8, 4) is 0 Å². The Hall–Kier alpha value is -0.280. The predicted octanol–water partition coefficient (Wildman–Crippen LogP) is 3.84. The largest absolute Gasteiger partial charge is 0.386 e. The van der Waals surface area contributed by atoms with Gasteiger partial charge in [-0.2, -0.15) is 0 Å². The topological polar surface area (TPSA) is 29.5 Å². The van der Waals surface area contributed by atoms with Gasteiger partial charge in [0.15, 0.2) is 0 Å². The van der Waals surface area contributed by atoms with Gasteiger partial charge in [-0.25, -0.2) is 0 Å². The van der Waals surface area contributed by atoms with Crippen molar-refractivity contribution in [3.63, 3.8) is 0 Å². The van der Waals surface area contributed by atoms with Crippen molar-refractivity contribution in [1.29, 1.82) is 0 Å². The number of aliphatic hydroxyl groups is 1. The minimum atomic E-state index is -0.628. The molecule has 0 radical (unpaired) electrons. The zero-order valence-electron chi connectivity index (χ0n) is 9.70. The molecule has 17 heavy (non-hydrogen) atoms. The first-order valence-corrected chi connectivity index (χ1v) is 6.63. The second-order valence-corrected chi connectivity index (χ2v) is 5.19. The maximum Gasteiger partial charge on any atom is 0.105 e. The monoisotopic (exact) mass is 274 g/mol. The van der Waals surface area contributed by atoms with E-state index < -0.39 is 6.10 Å². The van der Waals surface area contributed by atoms with Gasteiger partial charge in [-0.3, -0.25) is 0 Å². The molecule has 0 aromatic heterocycles. The van der Waals surface area contributed by atoms with Crippen molar-refractivity contribution in [2.75, 3.05) is 6.61 Å². The molecule has 0 aliphatic heterocycles. The highest BCUT2D eigenvalue weighted by atomic mass is 35.5. The summed E-state index contributed by atoms with van der Waals surface area (Å²) in [5.74, 6) is 0.472. The normalized spacial score (nSPS) is 19.1. The van der Waals surface area contributed by atoms with Crippen molar-refractivity contribution >= 4 is 23.2 Å². The number of aliphatic hydroxyl groups excluding tert-OH is 1. The number of hydrogen-bond donors (Lipinski definition) is 1. The second kappa shape index (κ2) is 5.57. The Morgan fingerprint density at radius 2 is 2.06 bits per heavy atom. The SMILES string of the molecule is CCOC(C1CC1)C(O)c1ccc(Cl)c(Cl)c1. The van der Waals surface area contributed by atoms with Gasteiger partial charge in [-0.1, -0.05) is 29.3 Å². The summed E-state index contributed by atoms with van der Waals surface area (Å²) in [5, 5.41) is 11.3. The lowest BCUT2D eigenvalue weighted by molar-refractivity contribution is -0.0461. The summed E-state index contributed by atoms with van der Waals surface area (Å²) in [5.41, 5.74) is 0.768. The molecule has 94 valence electrons. The van der Waals surface area contributed by atoms with Gasteiger partial charge in [-0.05, 0) is 43.4 Å². The third-order valence-electron chi connectivity index (χ3n) is 3.04. The van der Waals surface area contributed by atoms with Gasteiger partial charge in [0.1, 0.15) is 6.10 Å². The average Bonchev–Trinajstić information content (AvgIpc) is 3.13. The van der Waals surface area contributed by atoms with E-state index in [1.807, 2.05) is 6.92 Å². The summed E-state index contributed by atoms with van der Waals surface area (Å²) in [6.45, 7) is 2.55. The Morgan fingerprint density at radius 1 is 1.35 bits per heavy atom. The minimum Gasteiger partial charge on any atom is -0.386 e. The van der Waals surface area contributed by atoms with Crippen molar-refractivity contribution < 1.29 is 9.84 Å². The first-order valence-electron chi connectivity index (χ1n) is 5.88. The van der Waals surface area contributed by atoms with Gasteiger partial charge >= 0.3 is 0 Å². The molecule has 2 nitrogen and oxygen atoms in total. The quantitative estimate of drug-likeness (QED) is 0.884. The van der Waals surface area contributed by atoms with E-state index in [9.17, 15) is 5.11 Å². The van der Waals surface area contributed by atoms with Crippen LogP contribution in [0.1, 0.15) is 31.4 Å². The highest BCUT2D eigenvalue weighted by molar-refractivity contribution is 6.42. The Labute approximate surface area is 111 Å². The highest BCUT2D eigenvalue weighted by Gasteiger charge is 2.37. The molecule has 2 unspecified atom stereocenters. The van der Waals surface area contributed by atoms with Crippen LogP contribution < -0.4 is 0 Å². The zero-order chi connectivity index (χ0) is 12.4. The maximum absolute atomic E-state index is 10.3. The van der Waals surface area contributed by atoms with E-state index in [1.165, 1.54) is 0 Å². The molecule has 4 heteroatoms. The molecule has 1 aliphatic rings. The van der Waals surface area contributed by atoms with Gasteiger partial charge in [-0.15, -0.1) is 0 Å². The molecule has 0 saturated heterocycles. The first kappa shape index (κ1) is 13.2. The molecule has 1 N–H and O–H groups in total. The number of rotatable bonds is 5. The summed E-state index contributed by atoms with van der Waals surface area (Å²) < 4.78 is 5.63. The van der Waals surface area contributed by atoms with Gasteiger partial charge < -0.3 is 9.84 Å². The summed E-state index contributed by atoms with van der Waals surface area (Å²) in [6, 6.07) is 5.22. The maximum atomic E-state index is 10.3. The van der Waals surface area contributed by atoms with E-state index in [0.29, 0.717) is 22.6 Å². The lowest BCUT2D eigenvalue weighted by Gasteiger charge is -2.23. The summed E-state index contributed by atoms with van der Waals surface area (Å²) in [7, 11) is 0. The van der Waals surface area contributed by atoms with Crippen LogP contribution in [-0.4, -0.2) is 17.8 Å². The summed E-state index contributed by atoms with van der Waals surface area (Å²) in [4.78, 5) is 0. The molecular weight excluding hydrogens is 259 g/mol. The lowest BCUT2D eigenvalue weighted by atomic mass is 10.0. The van der Waals surface area contributed by atoms with Gasteiger partial charge in [0.2, 0.25) is 0 Å². The minimum absolute atomic E-state index is 0.128. The second-order valence-electron chi connectivity index (χ2n) is 4.38. The van der Waals surface area contributed by atoms with Crippen LogP contribution in [0.5, 0.6) is 0 Å². The van der Waals surface area contributed by atoms with Crippen LogP contribution in [0, 0.1) is 5.92 Å². The molecule has 0 spiro atoms. The van der Waals surface area contributed by atoms with E-state index >= 15 is 0 Å². The predicted molar refractivity (Wildman–Crippen MR) is 69.6 cm³/mol. The first-order chi connectivity index (χ1) is 8.13. The fourth-order valence-electron chi connectivity index (χ4n) is 1.99. The molecule has 2 rings (SSSR count). The molecule has 0 heterocycles. The van der Waals surface area contributed by atoms with Crippen molar-refractivity contribution in [2.24, 2.45) is 5.92 Å². The fraction of sp³-hybridized carbons (Fsp3) is 0.538. The Morgan fingerprint density at radius 3 is 2.59 bits per heavy atom. The summed E-state index contributed by atoms with van der Waals surface area (Å²) >= 11 is 11.8. The molecule has 1 aliphatic carbocycles. The number of ether oxygens (including phenoxy) is 1. The third-order valence-corrected chi connectivity index (χ3v) is 3.78. The van der Waals surface area contributed by atoms with E-state index in [1.54, 1.807) is 18.2 Å². The number of hydrogen-bond acceptors (Lipinski definition) is 2. The zero-order valence-corrected chi connectivity index (χ0v) is 11.2. The van der Waals surface area contributed by atoms with Crippen molar-refractivity contribution in [2.45, 2.75) is 32.0 Å². The highest BCUT2D eigenvalue weighted by Crippen LogP contribution is 2.40. The molecule has 1 saturated carbocycles. The van der Waals surface area contributed by atoms with Crippen molar-refractivity contribution in [1.82, 2.24) is 0 Å². The van der Waals surface area contributed by atoms with Gasteiger partial charge in [0, 0.05) is 6.61 Å². The van der Waals surface area contributed by atoms with Crippen LogP contribution in [0.2, 0.25) is 10.0 Å². The van der Waals surface area contributed by atoms with Crippen LogP contribution >= 0.6 is 23.2 Å². The van der Waals surface area contributed by atoms with Crippen molar-refractivity contribution in [3.05, 3.63) is 33.8 Å². The van der Waals surface area contributed by atoms with E-state index in [2.05, 4.69) is 0 Å². The van der Waals surface area contributed by atoms with Gasteiger partial charge in [0.05, 0.1) is 16.1 Å². The molecule has 1 fully saturated rings. The number of benzene rings is 1. The Balaban J connectivity index is 2.15. The summed E-state index contributed by atoms with van der Waals surface area (Å²) in [6.07, 6.45) is 1.50. The third kappa shape index (κ3) is 3.14. The van der Waals surface area contributed by atoms with E-state index in [-0.39, 0.29) is 6.10 Å². The Kier molecular flexibility index (Phi) is 4.31. The lowest BCUT2D eigenvalue weighted by Crippen LogP contribution is -2.24. The fourth-order valence-corrected chi connectivity index (χ4v) is 2.29. The van der Waals surface area contributed by atoms with Crippen LogP contribution in [-0.2, 0) is 4.74 Å². The molecule has 1 aromatic rings. The van der Waals surface area contributed by atoms with E-state index in [0.717, 1.165) is 18.4 Å². The average molecular weight is 275 g/mol. The van der Waals surface area contributed by atoms with Crippen LogP contribution in [0.4, 0.5) is 0 Å². The molecule has 2 atom stereocenters. The standard InChI is InChI=1S/C13H16Cl2O2/c1-2-17-13(8-3-4-8)12(16)9-5-6-10(14)11(15)7-9/h5-8,12-13,16H,2-4H2,1H3. The number of halogens is 2. The Bertz CT molecular complexity index is 391. The smallest absolute Gasteiger partial charge is 0.105 e. The van der Waals surface area contributed by atoms with Crippen LogP contribution in [0.15, 0.2) is 18.2 Å². The van der Waals surface area contributed by atoms with Crippen LogP contribution in [0.25, 0.3) is 0 Å². The van der Waals surface area contributed by atoms with Gasteiger partial charge in [0.25, 0.3) is 0 Å². The molecule has 1 aromatic carbocycles. The molecule has 0 amide bonds.